The van der Waals surface area contributed by atoms with Crippen LogP contribution in [0.3, 0.4) is 0 Å². The molecule has 214 valence electrons. The van der Waals surface area contributed by atoms with Crippen molar-refractivity contribution in [1.82, 2.24) is 5.32 Å². The third kappa shape index (κ3) is 11.5. The molecular weight excluding hydrogens is 494 g/mol. The van der Waals surface area contributed by atoms with Crippen LogP contribution >= 0.6 is 0 Å². The van der Waals surface area contributed by atoms with E-state index < -0.39 is 36.2 Å². The second-order valence-corrected chi connectivity index (χ2v) is 9.75. The Hall–Kier alpha value is -3.14. The van der Waals surface area contributed by atoms with Crippen molar-refractivity contribution in [1.29, 1.82) is 0 Å². The van der Waals surface area contributed by atoms with Gasteiger partial charge < -0.3 is 29.4 Å². The molecule has 0 aliphatic carbocycles. The number of carboxylic acids is 1. The second-order valence-electron chi connectivity index (χ2n) is 9.75. The summed E-state index contributed by atoms with van der Waals surface area (Å²) in [6, 6.07) is 3.59. The van der Waals surface area contributed by atoms with Gasteiger partial charge in [-0.2, -0.15) is 0 Å². The van der Waals surface area contributed by atoms with Crippen molar-refractivity contribution in [3.05, 3.63) is 23.8 Å². The van der Waals surface area contributed by atoms with Gasteiger partial charge in [0, 0.05) is 6.54 Å². The molecule has 10 heteroatoms. The molecular formula is C28H43NO9. The van der Waals surface area contributed by atoms with Gasteiger partial charge in [-0.3, -0.25) is 14.4 Å². The van der Waals surface area contributed by atoms with Crippen LogP contribution in [0.1, 0.15) is 73.3 Å². The summed E-state index contributed by atoms with van der Waals surface area (Å²) in [4.78, 5) is 48.6. The van der Waals surface area contributed by atoms with Gasteiger partial charge in [0.05, 0.1) is 18.4 Å². The summed E-state index contributed by atoms with van der Waals surface area (Å²) in [5.74, 6) is -2.41. The third-order valence-corrected chi connectivity index (χ3v) is 6.33. The molecule has 0 heterocycles. The largest absolute Gasteiger partial charge is 0.508 e. The number of benzene rings is 1. The molecule has 5 atom stereocenters. The molecule has 0 bridgehead atoms. The van der Waals surface area contributed by atoms with Gasteiger partial charge in [0.2, 0.25) is 0 Å². The van der Waals surface area contributed by atoms with Gasteiger partial charge in [-0.25, -0.2) is 4.79 Å². The Balaban J connectivity index is 2.95. The first kappa shape index (κ1) is 32.9. The number of hydrogen-bond donors (Lipinski definition) is 2. The van der Waals surface area contributed by atoms with Crippen LogP contribution in [0, 0.1) is 17.8 Å². The summed E-state index contributed by atoms with van der Waals surface area (Å²) in [5, 5.41) is 12.6. The van der Waals surface area contributed by atoms with Crippen LogP contribution in [0.15, 0.2) is 18.2 Å². The van der Waals surface area contributed by atoms with Gasteiger partial charge in [-0.1, -0.05) is 54.0 Å². The van der Waals surface area contributed by atoms with E-state index >= 15 is 0 Å². The normalized spacial score (nSPS) is 14.9. The highest BCUT2D eigenvalue weighted by Gasteiger charge is 2.23. The number of carbonyl (C=O) groups excluding carboxylic acids is 3. The monoisotopic (exact) mass is 537 g/mol. The van der Waals surface area contributed by atoms with E-state index in [0.717, 1.165) is 6.42 Å². The molecule has 1 aromatic carbocycles. The van der Waals surface area contributed by atoms with E-state index in [9.17, 15) is 24.3 Å². The van der Waals surface area contributed by atoms with Gasteiger partial charge in [0.15, 0.2) is 11.5 Å². The molecule has 0 spiro atoms. The standard InChI is InChI=1S/C28H43NO9/c1-8-17(4)16-35-28(34)36-20(7)15-29-22(25(30)31)13-21-11-12-23(37-26(32)18(5)9-2)24(14-21)38-27(33)19(6)10-3/h11-12,14,17-20,22,29H,8-10,13,15-16H2,1-7H3,(H,30,31)/t17?,18?,19?,20?,22-/m0/s1. The number of carboxylic acid groups (broad SMARTS) is 1. The van der Waals surface area contributed by atoms with Crippen molar-refractivity contribution in [3.63, 3.8) is 0 Å². The van der Waals surface area contributed by atoms with E-state index in [1.54, 1.807) is 26.8 Å². The maximum Gasteiger partial charge on any atom is 0.508 e. The maximum atomic E-state index is 12.5. The van der Waals surface area contributed by atoms with Crippen LogP contribution in [-0.2, 0) is 30.3 Å². The summed E-state index contributed by atoms with van der Waals surface area (Å²) in [6.07, 6.45) is 0.621. The van der Waals surface area contributed by atoms with Gasteiger partial charge in [0.1, 0.15) is 12.1 Å². The van der Waals surface area contributed by atoms with Crippen LogP contribution < -0.4 is 14.8 Å². The highest BCUT2D eigenvalue weighted by atomic mass is 16.7. The third-order valence-electron chi connectivity index (χ3n) is 6.33. The predicted molar refractivity (Wildman–Crippen MR) is 141 cm³/mol. The van der Waals surface area contributed by atoms with E-state index in [2.05, 4.69) is 5.32 Å². The van der Waals surface area contributed by atoms with Crippen molar-refractivity contribution in [3.8, 4) is 11.5 Å². The van der Waals surface area contributed by atoms with E-state index in [1.807, 2.05) is 27.7 Å². The average Bonchev–Trinajstić information content (AvgIpc) is 2.89. The molecule has 10 nitrogen and oxygen atoms in total. The Bertz CT molecular complexity index is 933. The van der Waals surface area contributed by atoms with E-state index in [-0.39, 0.29) is 48.8 Å². The number of carbonyl (C=O) groups is 4. The number of ether oxygens (including phenoxy) is 4. The zero-order chi connectivity index (χ0) is 28.8. The molecule has 2 N–H and O–H groups in total. The molecule has 0 aromatic heterocycles. The lowest BCUT2D eigenvalue weighted by molar-refractivity contribution is -0.141. The molecule has 0 fully saturated rings. The minimum absolute atomic E-state index is 0.0357. The van der Waals surface area contributed by atoms with Crippen LogP contribution in [0.2, 0.25) is 0 Å². The van der Waals surface area contributed by atoms with Gasteiger partial charge in [0.25, 0.3) is 0 Å². The molecule has 0 radical (unpaired) electrons. The summed E-state index contributed by atoms with van der Waals surface area (Å²) >= 11 is 0. The molecule has 0 aliphatic rings. The minimum atomic E-state index is -1.11. The molecule has 0 aliphatic heterocycles. The SMILES string of the molecule is CCC(C)COC(=O)OC(C)CN[C@@H](Cc1ccc(OC(=O)C(C)CC)c(OC(=O)C(C)CC)c1)C(=O)O. The molecule has 4 unspecified atom stereocenters. The van der Waals surface area contributed by atoms with E-state index in [4.69, 9.17) is 18.9 Å². The molecule has 0 amide bonds. The Morgan fingerprint density at radius 3 is 1.97 bits per heavy atom. The van der Waals surface area contributed by atoms with Crippen molar-refractivity contribution >= 4 is 24.1 Å². The number of esters is 2. The zero-order valence-electron chi connectivity index (χ0n) is 23.6. The number of nitrogens with one attached hydrogen (secondary N) is 1. The van der Waals surface area contributed by atoms with Crippen molar-refractivity contribution < 1.29 is 43.2 Å². The maximum absolute atomic E-state index is 12.5. The lowest BCUT2D eigenvalue weighted by Crippen LogP contribution is -2.42. The van der Waals surface area contributed by atoms with Crippen LogP contribution in [0.25, 0.3) is 0 Å². The van der Waals surface area contributed by atoms with Crippen LogP contribution in [-0.4, -0.2) is 54.5 Å². The van der Waals surface area contributed by atoms with Crippen molar-refractivity contribution in [2.75, 3.05) is 13.2 Å². The molecule has 1 rings (SSSR count). The van der Waals surface area contributed by atoms with E-state index in [0.29, 0.717) is 18.4 Å². The van der Waals surface area contributed by atoms with Crippen molar-refractivity contribution in [2.24, 2.45) is 17.8 Å². The zero-order valence-corrected chi connectivity index (χ0v) is 23.6. The van der Waals surface area contributed by atoms with Gasteiger partial charge in [-0.05, 0) is 49.8 Å². The average molecular weight is 538 g/mol. The quantitative estimate of drug-likeness (QED) is 0.224. The summed E-state index contributed by atoms with van der Waals surface area (Å²) in [6.45, 7) is 13.1. The minimum Gasteiger partial charge on any atom is -0.480 e. The fourth-order valence-corrected chi connectivity index (χ4v) is 2.95. The highest BCUT2D eigenvalue weighted by Crippen LogP contribution is 2.31. The molecule has 0 saturated carbocycles. The molecule has 0 saturated heterocycles. The summed E-state index contributed by atoms with van der Waals surface area (Å²) in [7, 11) is 0. The summed E-state index contributed by atoms with van der Waals surface area (Å²) < 4.78 is 21.2. The topological polar surface area (TPSA) is 137 Å². The van der Waals surface area contributed by atoms with Crippen LogP contribution in [0.5, 0.6) is 11.5 Å². The first-order chi connectivity index (χ1) is 17.9. The molecule has 38 heavy (non-hydrogen) atoms. The fraction of sp³-hybridized carbons (Fsp3) is 0.643. The number of hydrogen-bond acceptors (Lipinski definition) is 9. The number of rotatable bonds is 16. The fourth-order valence-electron chi connectivity index (χ4n) is 2.95. The van der Waals surface area contributed by atoms with E-state index in [1.165, 1.54) is 12.1 Å². The second kappa shape index (κ2) is 16.7. The first-order valence-electron chi connectivity index (χ1n) is 13.3. The Labute approximate surface area is 225 Å². The Morgan fingerprint density at radius 1 is 0.868 bits per heavy atom. The Kier molecular flexibility index (Phi) is 14.4. The predicted octanol–water partition coefficient (Wildman–Crippen LogP) is 4.76. The lowest BCUT2D eigenvalue weighted by Gasteiger charge is -2.20. The first-order valence-corrected chi connectivity index (χ1v) is 13.3. The summed E-state index contributed by atoms with van der Waals surface area (Å²) in [5.41, 5.74) is 0.543. The molecule has 1 aromatic rings. The smallest absolute Gasteiger partial charge is 0.480 e. The van der Waals surface area contributed by atoms with Gasteiger partial charge >= 0.3 is 24.1 Å². The highest BCUT2D eigenvalue weighted by molar-refractivity contribution is 5.78. The van der Waals surface area contributed by atoms with Crippen LogP contribution in [0.4, 0.5) is 4.79 Å². The number of aliphatic carboxylic acids is 1. The lowest BCUT2D eigenvalue weighted by atomic mass is 10.0. The van der Waals surface area contributed by atoms with Crippen molar-refractivity contribution in [2.45, 2.75) is 86.3 Å². The Morgan fingerprint density at radius 2 is 1.45 bits per heavy atom. The van der Waals surface area contributed by atoms with Gasteiger partial charge in [-0.15, -0.1) is 0 Å².